The molecule has 1 N–H and O–H groups in total. The van der Waals surface area contributed by atoms with E-state index in [1.165, 1.54) is 5.56 Å². The van der Waals surface area contributed by atoms with Gasteiger partial charge >= 0.3 is 0 Å². The van der Waals surface area contributed by atoms with Gasteiger partial charge in [0.05, 0.1) is 6.61 Å². The molecule has 0 unspecified atom stereocenters. The Morgan fingerprint density at radius 1 is 1.42 bits per heavy atom. The van der Waals surface area contributed by atoms with Crippen LogP contribution < -0.4 is 0 Å². The van der Waals surface area contributed by atoms with Crippen molar-refractivity contribution in [2.24, 2.45) is 0 Å². The van der Waals surface area contributed by atoms with Crippen molar-refractivity contribution in [3.8, 4) is 0 Å². The molecule has 0 aliphatic carbocycles. The molecule has 0 aliphatic rings. The predicted molar refractivity (Wildman–Crippen MR) is 54.2 cm³/mol. The summed E-state index contributed by atoms with van der Waals surface area (Å²) < 4.78 is 1.09. The van der Waals surface area contributed by atoms with Crippen LogP contribution >= 0.6 is 15.9 Å². The second kappa shape index (κ2) is 4.06. The molecule has 0 spiro atoms. The van der Waals surface area contributed by atoms with Crippen molar-refractivity contribution in [1.29, 1.82) is 0 Å². The molecule has 0 aromatic heterocycles. The zero-order valence-corrected chi connectivity index (χ0v) is 8.98. The molecule has 1 aromatic rings. The van der Waals surface area contributed by atoms with E-state index in [0.717, 1.165) is 22.0 Å². The molecule has 1 nitrogen and oxygen atoms in total. The molecule has 0 atom stereocenters. The molecule has 0 bridgehead atoms. The number of benzene rings is 1. The minimum absolute atomic E-state index is 0.141. The lowest BCUT2D eigenvalue weighted by atomic mass is 10.0. The van der Waals surface area contributed by atoms with Crippen LogP contribution in [-0.2, 0) is 13.0 Å². The number of aryl methyl sites for hydroxylation is 2. The molecule has 12 heavy (non-hydrogen) atoms. The van der Waals surface area contributed by atoms with Crippen molar-refractivity contribution in [1.82, 2.24) is 0 Å². The lowest BCUT2D eigenvalue weighted by molar-refractivity contribution is 0.280. The highest BCUT2D eigenvalue weighted by molar-refractivity contribution is 9.10. The van der Waals surface area contributed by atoms with Gasteiger partial charge in [0.15, 0.2) is 0 Å². The highest BCUT2D eigenvalue weighted by atomic mass is 79.9. The molecular formula is C10H13BrO. The maximum atomic E-state index is 9.11. The van der Waals surface area contributed by atoms with Crippen LogP contribution in [0.25, 0.3) is 0 Å². The van der Waals surface area contributed by atoms with Gasteiger partial charge < -0.3 is 5.11 Å². The Bertz CT molecular complexity index is 281. The van der Waals surface area contributed by atoms with E-state index in [1.54, 1.807) is 0 Å². The smallest absolute Gasteiger partial charge is 0.0687 e. The first-order valence-corrected chi connectivity index (χ1v) is 4.87. The van der Waals surface area contributed by atoms with Crippen molar-refractivity contribution < 1.29 is 5.11 Å². The Balaban J connectivity index is 3.24. The van der Waals surface area contributed by atoms with Crippen molar-refractivity contribution >= 4 is 15.9 Å². The van der Waals surface area contributed by atoms with Crippen molar-refractivity contribution in [2.75, 3.05) is 0 Å². The topological polar surface area (TPSA) is 20.2 Å². The Hall–Kier alpha value is -0.340. The molecule has 0 radical (unpaired) electrons. The van der Waals surface area contributed by atoms with Gasteiger partial charge in [0.1, 0.15) is 0 Å². The number of rotatable bonds is 2. The van der Waals surface area contributed by atoms with Gasteiger partial charge in [0.25, 0.3) is 0 Å². The van der Waals surface area contributed by atoms with Gasteiger partial charge in [0.2, 0.25) is 0 Å². The number of hydrogen-bond donors (Lipinski definition) is 1. The summed E-state index contributed by atoms with van der Waals surface area (Å²) in [5.41, 5.74) is 3.45. The maximum absolute atomic E-state index is 9.11. The summed E-state index contributed by atoms with van der Waals surface area (Å²) in [6.45, 7) is 4.26. The van der Waals surface area contributed by atoms with E-state index in [0.29, 0.717) is 0 Å². The largest absolute Gasteiger partial charge is 0.392 e. The van der Waals surface area contributed by atoms with E-state index in [1.807, 2.05) is 13.0 Å². The molecule has 0 saturated carbocycles. The van der Waals surface area contributed by atoms with Gasteiger partial charge in [-0.05, 0) is 42.2 Å². The minimum atomic E-state index is 0.141. The van der Waals surface area contributed by atoms with E-state index in [-0.39, 0.29) is 6.61 Å². The van der Waals surface area contributed by atoms with Crippen LogP contribution in [0.15, 0.2) is 16.6 Å². The minimum Gasteiger partial charge on any atom is -0.392 e. The first-order valence-electron chi connectivity index (χ1n) is 4.07. The van der Waals surface area contributed by atoms with Crippen LogP contribution in [0.1, 0.15) is 23.6 Å². The fourth-order valence-corrected chi connectivity index (χ4v) is 2.00. The summed E-state index contributed by atoms with van der Waals surface area (Å²) in [6, 6.07) is 4.10. The van der Waals surface area contributed by atoms with Crippen molar-refractivity contribution in [2.45, 2.75) is 26.9 Å². The number of aliphatic hydroxyl groups is 1. The van der Waals surface area contributed by atoms with Gasteiger partial charge in [-0.25, -0.2) is 0 Å². The number of hydrogen-bond acceptors (Lipinski definition) is 1. The molecule has 66 valence electrons. The zero-order chi connectivity index (χ0) is 9.14. The van der Waals surface area contributed by atoms with Crippen LogP contribution in [0, 0.1) is 6.92 Å². The Labute approximate surface area is 81.6 Å². The van der Waals surface area contributed by atoms with Crippen LogP contribution in [-0.4, -0.2) is 5.11 Å². The SMILES string of the molecule is CCc1cc(Br)cc(C)c1CO. The standard InChI is InChI=1S/C10H13BrO/c1-3-8-5-9(11)4-7(2)10(8)6-12/h4-5,12H,3,6H2,1-2H3. The molecule has 0 saturated heterocycles. The maximum Gasteiger partial charge on any atom is 0.0687 e. The number of aliphatic hydroxyl groups excluding tert-OH is 1. The average Bonchev–Trinajstić information content (AvgIpc) is 2.03. The third-order valence-electron chi connectivity index (χ3n) is 2.07. The molecule has 1 aromatic carbocycles. The fraction of sp³-hybridized carbons (Fsp3) is 0.400. The first kappa shape index (κ1) is 9.75. The lowest BCUT2D eigenvalue weighted by Gasteiger charge is -2.09. The summed E-state index contributed by atoms with van der Waals surface area (Å²) in [7, 11) is 0. The van der Waals surface area contributed by atoms with Gasteiger partial charge in [-0.2, -0.15) is 0 Å². The van der Waals surface area contributed by atoms with Crippen LogP contribution in [0.4, 0.5) is 0 Å². The Morgan fingerprint density at radius 3 is 2.58 bits per heavy atom. The Kier molecular flexibility index (Phi) is 3.29. The van der Waals surface area contributed by atoms with Gasteiger partial charge in [-0.3, -0.25) is 0 Å². The monoisotopic (exact) mass is 228 g/mol. The fourth-order valence-electron chi connectivity index (χ4n) is 1.38. The molecule has 0 fully saturated rings. The second-order valence-corrected chi connectivity index (χ2v) is 3.79. The van der Waals surface area contributed by atoms with E-state index in [4.69, 9.17) is 5.11 Å². The number of halogens is 1. The highest BCUT2D eigenvalue weighted by Gasteiger charge is 2.04. The predicted octanol–water partition coefficient (Wildman–Crippen LogP) is 2.81. The van der Waals surface area contributed by atoms with E-state index in [9.17, 15) is 0 Å². The van der Waals surface area contributed by atoms with Crippen LogP contribution in [0.3, 0.4) is 0 Å². The summed E-state index contributed by atoms with van der Waals surface area (Å²) in [5, 5.41) is 9.11. The third-order valence-corrected chi connectivity index (χ3v) is 2.53. The molecule has 1 rings (SSSR count). The second-order valence-electron chi connectivity index (χ2n) is 2.87. The average molecular weight is 229 g/mol. The Morgan fingerprint density at radius 2 is 2.08 bits per heavy atom. The first-order chi connectivity index (χ1) is 5.69. The molecule has 2 heteroatoms. The molecule has 0 amide bonds. The quantitative estimate of drug-likeness (QED) is 0.826. The van der Waals surface area contributed by atoms with Gasteiger partial charge in [0, 0.05) is 4.47 Å². The van der Waals surface area contributed by atoms with Gasteiger partial charge in [-0.15, -0.1) is 0 Å². The third kappa shape index (κ3) is 1.87. The molecule has 0 aliphatic heterocycles. The zero-order valence-electron chi connectivity index (χ0n) is 7.39. The van der Waals surface area contributed by atoms with E-state index in [2.05, 4.69) is 28.9 Å². The lowest BCUT2D eigenvalue weighted by Crippen LogP contribution is -1.96. The van der Waals surface area contributed by atoms with Gasteiger partial charge in [-0.1, -0.05) is 22.9 Å². The summed E-state index contributed by atoms with van der Waals surface area (Å²) >= 11 is 3.44. The summed E-state index contributed by atoms with van der Waals surface area (Å²) in [5.74, 6) is 0. The van der Waals surface area contributed by atoms with Crippen LogP contribution in [0.2, 0.25) is 0 Å². The molecule has 0 heterocycles. The summed E-state index contributed by atoms with van der Waals surface area (Å²) in [6.07, 6.45) is 0.968. The van der Waals surface area contributed by atoms with Crippen molar-refractivity contribution in [3.63, 3.8) is 0 Å². The van der Waals surface area contributed by atoms with Crippen molar-refractivity contribution in [3.05, 3.63) is 33.3 Å². The summed E-state index contributed by atoms with van der Waals surface area (Å²) in [4.78, 5) is 0. The van der Waals surface area contributed by atoms with Crippen LogP contribution in [0.5, 0.6) is 0 Å². The molecular weight excluding hydrogens is 216 g/mol. The van der Waals surface area contributed by atoms with E-state index < -0.39 is 0 Å². The highest BCUT2D eigenvalue weighted by Crippen LogP contribution is 2.21. The van der Waals surface area contributed by atoms with E-state index >= 15 is 0 Å². The normalized spacial score (nSPS) is 10.3.